The van der Waals surface area contributed by atoms with Crippen molar-refractivity contribution in [2.45, 2.75) is 44.2 Å². The van der Waals surface area contributed by atoms with Crippen molar-refractivity contribution >= 4 is 0 Å². The van der Waals surface area contributed by atoms with Crippen LogP contribution < -0.4 is 0 Å². The minimum Gasteiger partial charge on any atom is -0.395 e. The van der Waals surface area contributed by atoms with Crippen LogP contribution in [0.25, 0.3) is 0 Å². The van der Waals surface area contributed by atoms with Crippen LogP contribution in [0, 0.1) is 0 Å². The highest BCUT2D eigenvalue weighted by Gasteiger charge is 2.35. The molecule has 0 heterocycles. The van der Waals surface area contributed by atoms with Gasteiger partial charge in [-0.1, -0.05) is 25.5 Å². The average molecular weight is 296 g/mol. The van der Waals surface area contributed by atoms with Gasteiger partial charge in [0, 0.05) is 11.8 Å². The Labute approximate surface area is 114 Å². The Balaban J connectivity index is 3.14. The molecule has 0 aliphatic rings. The lowest BCUT2D eigenvalue weighted by molar-refractivity contribution is -0.137. The van der Waals surface area contributed by atoms with Crippen molar-refractivity contribution in [3.8, 4) is 0 Å². The minimum atomic E-state index is -4.46. The van der Waals surface area contributed by atoms with Gasteiger partial charge in [0.05, 0.1) is 12.2 Å². The molecule has 1 aromatic carbocycles. The first-order valence-electron chi connectivity index (χ1n) is 6.32. The van der Waals surface area contributed by atoms with E-state index in [1.807, 2.05) is 0 Å². The molecular formula is C14H17F5O. The van der Waals surface area contributed by atoms with Gasteiger partial charge in [-0.2, -0.15) is 13.2 Å². The van der Waals surface area contributed by atoms with E-state index >= 15 is 0 Å². The second kappa shape index (κ2) is 6.52. The van der Waals surface area contributed by atoms with Crippen LogP contribution in [-0.4, -0.2) is 18.1 Å². The zero-order chi connectivity index (χ0) is 15.4. The number of hydrogen-bond donors (Lipinski definition) is 1. The molecule has 0 aromatic heterocycles. The van der Waals surface area contributed by atoms with E-state index in [2.05, 4.69) is 0 Å². The summed E-state index contributed by atoms with van der Waals surface area (Å²) in [6.07, 6.45) is -6.82. The van der Waals surface area contributed by atoms with Gasteiger partial charge < -0.3 is 5.11 Å². The van der Waals surface area contributed by atoms with Crippen LogP contribution in [0.15, 0.2) is 24.3 Å². The smallest absolute Gasteiger partial charge is 0.395 e. The molecule has 0 bridgehead atoms. The van der Waals surface area contributed by atoms with Crippen molar-refractivity contribution in [2.75, 3.05) is 6.61 Å². The van der Waals surface area contributed by atoms with Gasteiger partial charge in [-0.25, -0.2) is 8.78 Å². The number of alkyl halides is 5. The summed E-state index contributed by atoms with van der Waals surface area (Å²) in [4.78, 5) is 0. The number of aliphatic hydroxyl groups excluding tert-OH is 1. The number of aliphatic hydroxyl groups is 1. The molecule has 20 heavy (non-hydrogen) atoms. The lowest BCUT2D eigenvalue weighted by Gasteiger charge is -2.32. The summed E-state index contributed by atoms with van der Waals surface area (Å²) in [5, 5.41) is 9.48. The van der Waals surface area contributed by atoms with Crippen LogP contribution in [0.1, 0.15) is 37.3 Å². The standard InChI is InChI=1S/C14H17F5O/c1-2-7-13(9-20,8-12(15)16)10-3-5-11(6-4-10)14(17,18)19/h3-6,12,20H,2,7-9H2,1H3. The lowest BCUT2D eigenvalue weighted by Crippen LogP contribution is -2.33. The molecule has 1 atom stereocenters. The van der Waals surface area contributed by atoms with Crippen molar-refractivity contribution in [3.05, 3.63) is 35.4 Å². The molecule has 0 amide bonds. The quantitative estimate of drug-likeness (QED) is 0.772. The Hall–Kier alpha value is -1.17. The topological polar surface area (TPSA) is 20.2 Å². The maximum absolute atomic E-state index is 12.7. The molecule has 1 nitrogen and oxygen atoms in total. The van der Waals surface area contributed by atoms with Crippen LogP contribution in [0.4, 0.5) is 22.0 Å². The van der Waals surface area contributed by atoms with E-state index in [0.29, 0.717) is 18.4 Å². The first kappa shape index (κ1) is 16.9. The molecular weight excluding hydrogens is 279 g/mol. The predicted molar refractivity (Wildman–Crippen MR) is 65.7 cm³/mol. The molecule has 0 fully saturated rings. The predicted octanol–water partition coefficient (Wildman–Crippen LogP) is 4.39. The molecule has 0 radical (unpaired) electrons. The molecule has 1 unspecified atom stereocenters. The highest BCUT2D eigenvalue weighted by molar-refractivity contribution is 5.31. The van der Waals surface area contributed by atoms with Gasteiger partial charge in [0.1, 0.15) is 0 Å². The zero-order valence-electron chi connectivity index (χ0n) is 11.1. The zero-order valence-corrected chi connectivity index (χ0v) is 11.1. The van der Waals surface area contributed by atoms with Gasteiger partial charge in [-0.05, 0) is 24.1 Å². The second-order valence-electron chi connectivity index (χ2n) is 4.86. The van der Waals surface area contributed by atoms with E-state index in [-0.39, 0.29) is 0 Å². The van der Waals surface area contributed by atoms with Crippen LogP contribution in [0.5, 0.6) is 0 Å². The van der Waals surface area contributed by atoms with Crippen LogP contribution in [0.2, 0.25) is 0 Å². The van der Waals surface area contributed by atoms with Crippen molar-refractivity contribution in [1.82, 2.24) is 0 Å². The third-order valence-corrected chi connectivity index (χ3v) is 3.40. The number of benzene rings is 1. The molecule has 0 spiro atoms. The summed E-state index contributed by atoms with van der Waals surface area (Å²) in [7, 11) is 0. The lowest BCUT2D eigenvalue weighted by atomic mass is 9.74. The molecule has 1 N–H and O–H groups in total. The van der Waals surface area contributed by atoms with Gasteiger partial charge in [-0.3, -0.25) is 0 Å². The average Bonchev–Trinajstić information content (AvgIpc) is 2.36. The normalized spacial score (nSPS) is 15.4. The Morgan fingerprint density at radius 3 is 1.90 bits per heavy atom. The third-order valence-electron chi connectivity index (χ3n) is 3.40. The number of halogens is 5. The van der Waals surface area contributed by atoms with Crippen LogP contribution in [0.3, 0.4) is 0 Å². The molecule has 1 rings (SSSR count). The summed E-state index contributed by atoms with van der Waals surface area (Å²) >= 11 is 0. The first-order chi connectivity index (χ1) is 9.25. The van der Waals surface area contributed by atoms with Crippen molar-refractivity contribution in [3.63, 3.8) is 0 Å². The maximum atomic E-state index is 12.7. The summed E-state index contributed by atoms with van der Waals surface area (Å²) in [5.74, 6) is 0. The largest absolute Gasteiger partial charge is 0.416 e. The SMILES string of the molecule is CCCC(CO)(CC(F)F)c1ccc(C(F)(F)F)cc1. The van der Waals surface area contributed by atoms with E-state index in [9.17, 15) is 27.1 Å². The monoisotopic (exact) mass is 296 g/mol. The summed E-state index contributed by atoms with van der Waals surface area (Å²) in [6, 6.07) is 4.08. The van der Waals surface area contributed by atoms with Crippen molar-refractivity contribution < 1.29 is 27.1 Å². The van der Waals surface area contributed by atoms with Gasteiger partial charge in [0.15, 0.2) is 0 Å². The Morgan fingerprint density at radius 1 is 1.05 bits per heavy atom. The van der Waals surface area contributed by atoms with Gasteiger partial charge in [0.2, 0.25) is 6.43 Å². The molecule has 1 aromatic rings. The summed E-state index contributed by atoms with van der Waals surface area (Å²) in [6.45, 7) is 1.26. The van der Waals surface area contributed by atoms with Gasteiger partial charge in [-0.15, -0.1) is 0 Å². The molecule has 6 heteroatoms. The Morgan fingerprint density at radius 2 is 1.55 bits per heavy atom. The Kier molecular flexibility index (Phi) is 5.50. The fourth-order valence-electron chi connectivity index (χ4n) is 2.39. The summed E-state index contributed by atoms with van der Waals surface area (Å²) in [5.41, 5.74) is -1.70. The first-order valence-corrected chi connectivity index (χ1v) is 6.32. The van der Waals surface area contributed by atoms with E-state index in [0.717, 1.165) is 12.1 Å². The summed E-state index contributed by atoms with van der Waals surface area (Å²) < 4.78 is 62.9. The molecule has 0 saturated heterocycles. The van der Waals surface area contributed by atoms with E-state index in [1.54, 1.807) is 6.92 Å². The number of hydrogen-bond acceptors (Lipinski definition) is 1. The Bertz CT molecular complexity index is 413. The van der Waals surface area contributed by atoms with E-state index in [1.165, 1.54) is 12.1 Å². The second-order valence-corrected chi connectivity index (χ2v) is 4.86. The highest BCUT2D eigenvalue weighted by atomic mass is 19.4. The number of rotatable bonds is 6. The van der Waals surface area contributed by atoms with Crippen LogP contribution in [-0.2, 0) is 11.6 Å². The van der Waals surface area contributed by atoms with Crippen molar-refractivity contribution in [1.29, 1.82) is 0 Å². The molecule has 0 aliphatic heterocycles. The van der Waals surface area contributed by atoms with Gasteiger partial charge in [0.25, 0.3) is 0 Å². The van der Waals surface area contributed by atoms with E-state index in [4.69, 9.17) is 0 Å². The van der Waals surface area contributed by atoms with Gasteiger partial charge >= 0.3 is 6.18 Å². The van der Waals surface area contributed by atoms with E-state index < -0.39 is 36.6 Å². The maximum Gasteiger partial charge on any atom is 0.416 e. The molecule has 0 saturated carbocycles. The fraction of sp³-hybridized carbons (Fsp3) is 0.571. The molecule has 0 aliphatic carbocycles. The molecule has 114 valence electrons. The minimum absolute atomic E-state index is 0.291. The van der Waals surface area contributed by atoms with Crippen molar-refractivity contribution in [2.24, 2.45) is 0 Å². The third kappa shape index (κ3) is 3.91. The highest BCUT2D eigenvalue weighted by Crippen LogP contribution is 2.37. The van der Waals surface area contributed by atoms with Crippen LogP contribution >= 0.6 is 0 Å². The fourth-order valence-corrected chi connectivity index (χ4v) is 2.39.